The fourth-order valence-electron chi connectivity index (χ4n) is 3.07. The average Bonchev–Trinajstić information content (AvgIpc) is 3.14. The second-order valence-corrected chi connectivity index (χ2v) is 7.74. The van der Waals surface area contributed by atoms with E-state index in [1.54, 1.807) is 30.3 Å². The number of carbonyl (C=O) groups excluding carboxylic acids is 1. The van der Waals surface area contributed by atoms with Crippen molar-refractivity contribution < 1.29 is 22.7 Å². The molecule has 0 aliphatic rings. The number of ether oxygens (including phenoxy) is 1. The van der Waals surface area contributed by atoms with Gasteiger partial charge in [0.1, 0.15) is 17.2 Å². The number of aromatic nitrogens is 2. The summed E-state index contributed by atoms with van der Waals surface area (Å²) in [6.07, 6.45) is -2.85. The molecular weight excluding hydrogens is 427 g/mol. The summed E-state index contributed by atoms with van der Waals surface area (Å²) in [6.45, 7) is 0. The Labute approximate surface area is 179 Å². The van der Waals surface area contributed by atoms with Crippen molar-refractivity contribution in [2.24, 2.45) is 0 Å². The summed E-state index contributed by atoms with van der Waals surface area (Å²) in [5.41, 5.74) is 0.439. The highest BCUT2D eigenvalue weighted by atomic mass is 32.1. The van der Waals surface area contributed by atoms with E-state index in [0.29, 0.717) is 22.0 Å². The van der Waals surface area contributed by atoms with Crippen molar-refractivity contribution in [3.63, 3.8) is 0 Å². The molecule has 0 bridgehead atoms. The molecule has 1 amide bonds. The van der Waals surface area contributed by atoms with Gasteiger partial charge < -0.3 is 10.1 Å². The van der Waals surface area contributed by atoms with Gasteiger partial charge >= 0.3 is 6.18 Å². The number of rotatable bonds is 5. The zero-order chi connectivity index (χ0) is 22.0. The molecule has 158 valence electrons. The molecule has 1 N–H and O–H groups in total. The van der Waals surface area contributed by atoms with Crippen LogP contribution in [0.3, 0.4) is 0 Å². The molecular formula is C22H16F3N3O2S. The van der Waals surface area contributed by atoms with Crippen LogP contribution in [-0.4, -0.2) is 22.9 Å². The van der Waals surface area contributed by atoms with Crippen LogP contribution in [0, 0.1) is 0 Å². The third kappa shape index (κ3) is 4.66. The van der Waals surface area contributed by atoms with Gasteiger partial charge in [-0.3, -0.25) is 9.78 Å². The van der Waals surface area contributed by atoms with Crippen LogP contribution >= 0.6 is 11.3 Å². The molecule has 2 aromatic carbocycles. The van der Waals surface area contributed by atoms with E-state index in [-0.39, 0.29) is 23.6 Å². The number of hydrogen-bond acceptors (Lipinski definition) is 5. The molecule has 0 saturated carbocycles. The topological polar surface area (TPSA) is 64.1 Å². The maximum atomic E-state index is 13.3. The molecule has 0 aliphatic carbocycles. The zero-order valence-electron chi connectivity index (χ0n) is 16.2. The van der Waals surface area contributed by atoms with Crippen molar-refractivity contribution in [1.82, 2.24) is 15.3 Å². The molecule has 0 radical (unpaired) electrons. The Morgan fingerprint density at radius 3 is 2.65 bits per heavy atom. The van der Waals surface area contributed by atoms with Crippen LogP contribution < -0.4 is 10.1 Å². The summed E-state index contributed by atoms with van der Waals surface area (Å²) >= 11 is 1.31. The number of fused-ring (bicyclic) bond motifs is 1. The molecule has 5 nitrogen and oxygen atoms in total. The molecule has 2 aromatic heterocycles. The third-order valence-electron chi connectivity index (χ3n) is 4.50. The second-order valence-electron chi connectivity index (χ2n) is 6.63. The van der Waals surface area contributed by atoms with Crippen molar-refractivity contribution in [2.45, 2.75) is 12.6 Å². The Hall–Kier alpha value is -3.46. The molecule has 2 heterocycles. The molecule has 0 unspecified atom stereocenters. The fraction of sp³-hybridized carbons (Fsp3) is 0.136. The van der Waals surface area contributed by atoms with Crippen molar-refractivity contribution >= 4 is 27.5 Å². The SMILES string of the molecule is CNC(=O)c1cc(Oc2ccc3nc(Cc4ccccc4C(F)(F)F)sc3c2)ccn1. The molecule has 0 spiro atoms. The van der Waals surface area contributed by atoms with Gasteiger partial charge in [-0.05, 0) is 29.8 Å². The van der Waals surface area contributed by atoms with E-state index in [4.69, 9.17) is 4.74 Å². The maximum Gasteiger partial charge on any atom is 0.416 e. The number of pyridine rings is 1. The van der Waals surface area contributed by atoms with Crippen molar-refractivity contribution in [3.8, 4) is 11.5 Å². The van der Waals surface area contributed by atoms with Gasteiger partial charge in [-0.1, -0.05) is 18.2 Å². The minimum Gasteiger partial charge on any atom is -0.457 e. The Kier molecular flexibility index (Phi) is 5.60. The van der Waals surface area contributed by atoms with E-state index in [0.717, 1.165) is 10.8 Å². The summed E-state index contributed by atoms with van der Waals surface area (Å²) in [6, 6.07) is 13.9. The van der Waals surface area contributed by atoms with E-state index >= 15 is 0 Å². The van der Waals surface area contributed by atoms with Crippen LogP contribution in [0.5, 0.6) is 11.5 Å². The fourth-order valence-corrected chi connectivity index (χ4v) is 4.09. The first kappa shape index (κ1) is 20.8. The lowest BCUT2D eigenvalue weighted by Crippen LogP contribution is -2.18. The smallest absolute Gasteiger partial charge is 0.416 e. The molecule has 9 heteroatoms. The molecule has 0 atom stereocenters. The highest BCUT2D eigenvalue weighted by Crippen LogP contribution is 2.35. The predicted molar refractivity (Wildman–Crippen MR) is 112 cm³/mol. The first-order valence-corrected chi connectivity index (χ1v) is 10.1. The molecule has 0 saturated heterocycles. The number of halogens is 3. The van der Waals surface area contributed by atoms with Gasteiger partial charge in [0, 0.05) is 31.8 Å². The summed E-state index contributed by atoms with van der Waals surface area (Å²) < 4.78 is 46.4. The molecule has 0 aliphatic heterocycles. The Balaban J connectivity index is 1.58. The van der Waals surface area contributed by atoms with E-state index in [2.05, 4.69) is 15.3 Å². The minimum atomic E-state index is -4.41. The lowest BCUT2D eigenvalue weighted by molar-refractivity contribution is -0.138. The highest BCUT2D eigenvalue weighted by molar-refractivity contribution is 7.18. The van der Waals surface area contributed by atoms with Gasteiger partial charge in [-0.2, -0.15) is 13.2 Å². The first-order valence-electron chi connectivity index (χ1n) is 9.24. The summed E-state index contributed by atoms with van der Waals surface area (Å²) in [5.74, 6) is 0.636. The summed E-state index contributed by atoms with van der Waals surface area (Å²) in [5, 5.41) is 3.08. The lowest BCUT2D eigenvalue weighted by Gasteiger charge is -2.11. The third-order valence-corrected chi connectivity index (χ3v) is 5.51. The van der Waals surface area contributed by atoms with Crippen molar-refractivity contribution in [3.05, 3.63) is 82.6 Å². The number of amides is 1. The van der Waals surface area contributed by atoms with Crippen LogP contribution in [0.4, 0.5) is 13.2 Å². The van der Waals surface area contributed by atoms with Gasteiger partial charge in [-0.25, -0.2) is 4.98 Å². The normalized spacial score (nSPS) is 11.5. The van der Waals surface area contributed by atoms with E-state index < -0.39 is 11.7 Å². The summed E-state index contributed by atoms with van der Waals surface area (Å²) in [4.78, 5) is 20.2. The van der Waals surface area contributed by atoms with Crippen LogP contribution in [0.1, 0.15) is 26.6 Å². The van der Waals surface area contributed by atoms with Crippen LogP contribution in [0.15, 0.2) is 60.8 Å². The Morgan fingerprint density at radius 2 is 1.87 bits per heavy atom. The average molecular weight is 443 g/mol. The number of thiazole rings is 1. The molecule has 4 rings (SSSR count). The predicted octanol–water partition coefficient (Wildman–Crippen LogP) is 5.45. The van der Waals surface area contributed by atoms with Crippen LogP contribution in [-0.2, 0) is 12.6 Å². The number of alkyl halides is 3. The molecule has 4 aromatic rings. The first-order chi connectivity index (χ1) is 14.8. The van der Waals surface area contributed by atoms with Crippen molar-refractivity contribution in [1.29, 1.82) is 0 Å². The van der Waals surface area contributed by atoms with Gasteiger partial charge in [0.05, 0.1) is 20.8 Å². The molecule has 31 heavy (non-hydrogen) atoms. The second kappa shape index (κ2) is 8.35. The number of hydrogen-bond donors (Lipinski definition) is 1. The molecule has 0 fully saturated rings. The van der Waals surface area contributed by atoms with Gasteiger partial charge in [0.15, 0.2) is 0 Å². The van der Waals surface area contributed by atoms with Crippen molar-refractivity contribution in [2.75, 3.05) is 7.05 Å². The number of nitrogens with one attached hydrogen (secondary N) is 1. The number of nitrogens with zero attached hydrogens (tertiary/aromatic N) is 2. The van der Waals surface area contributed by atoms with Crippen LogP contribution in [0.2, 0.25) is 0 Å². The zero-order valence-corrected chi connectivity index (χ0v) is 17.1. The van der Waals surface area contributed by atoms with Gasteiger partial charge in [0.2, 0.25) is 0 Å². The monoisotopic (exact) mass is 443 g/mol. The van der Waals surface area contributed by atoms with E-state index in [1.165, 1.54) is 42.8 Å². The van der Waals surface area contributed by atoms with E-state index in [1.807, 2.05) is 0 Å². The standard InChI is InChI=1S/C22H16F3N3O2S/c1-26-21(29)18-11-15(8-9-27-18)30-14-6-7-17-19(12-14)31-20(28-17)10-13-4-2-3-5-16(13)22(23,24)25/h2-9,11-12H,10H2,1H3,(H,26,29). The van der Waals surface area contributed by atoms with E-state index in [9.17, 15) is 18.0 Å². The highest BCUT2D eigenvalue weighted by Gasteiger charge is 2.33. The minimum absolute atomic E-state index is 0.0884. The Bertz CT molecular complexity index is 1250. The summed E-state index contributed by atoms with van der Waals surface area (Å²) in [7, 11) is 1.51. The largest absolute Gasteiger partial charge is 0.457 e. The number of carbonyl (C=O) groups is 1. The van der Waals surface area contributed by atoms with Gasteiger partial charge in [-0.15, -0.1) is 11.3 Å². The number of benzene rings is 2. The van der Waals surface area contributed by atoms with Gasteiger partial charge in [0.25, 0.3) is 5.91 Å². The maximum absolute atomic E-state index is 13.3. The quantitative estimate of drug-likeness (QED) is 0.445. The lowest BCUT2D eigenvalue weighted by atomic mass is 10.0. The Morgan fingerprint density at radius 1 is 1.10 bits per heavy atom. The van der Waals surface area contributed by atoms with Crippen LogP contribution in [0.25, 0.3) is 10.2 Å².